The minimum Gasteiger partial charge on any atom is -0.469 e. The van der Waals surface area contributed by atoms with Crippen LogP contribution in [0.25, 0.3) is 11.4 Å². The highest BCUT2D eigenvalue weighted by Gasteiger charge is 2.14. The molecule has 0 fully saturated rings. The molecule has 0 radical (unpaired) electrons. The fourth-order valence-electron chi connectivity index (χ4n) is 1.71. The minimum atomic E-state index is -0.404. The topological polar surface area (TPSA) is 65.2 Å². The molecule has 0 aliphatic heterocycles. The summed E-state index contributed by atoms with van der Waals surface area (Å²) in [6.45, 7) is 3.99. The summed E-state index contributed by atoms with van der Waals surface area (Å²) in [4.78, 5) is 15.3. The van der Waals surface area contributed by atoms with Gasteiger partial charge in [-0.25, -0.2) is 0 Å². The molecular formula is C13H13BrN2O3. The number of aryl methyl sites for hydroxylation is 2. The zero-order valence-electron chi connectivity index (χ0n) is 10.9. The van der Waals surface area contributed by atoms with Gasteiger partial charge in [-0.2, -0.15) is 4.98 Å². The van der Waals surface area contributed by atoms with Crippen LogP contribution in [0.5, 0.6) is 0 Å². The molecule has 0 bridgehead atoms. The van der Waals surface area contributed by atoms with E-state index in [1.54, 1.807) is 0 Å². The smallest absolute Gasteiger partial charge is 0.315 e. The summed E-state index contributed by atoms with van der Waals surface area (Å²) in [5.74, 6) is 0.316. The van der Waals surface area contributed by atoms with Crippen molar-refractivity contribution in [1.29, 1.82) is 0 Å². The molecule has 19 heavy (non-hydrogen) atoms. The van der Waals surface area contributed by atoms with Gasteiger partial charge in [-0.05, 0) is 37.1 Å². The molecule has 2 aromatic rings. The standard InChI is InChI=1S/C13H13BrN2O3/c1-7-4-9(5-8(2)12(7)14)13-15-10(19-16-13)6-11(17)18-3/h4-5H,6H2,1-3H3. The van der Waals surface area contributed by atoms with Crippen LogP contribution in [0, 0.1) is 13.8 Å². The Labute approximate surface area is 119 Å². The van der Waals surface area contributed by atoms with Crippen molar-refractivity contribution in [1.82, 2.24) is 10.1 Å². The molecule has 100 valence electrons. The van der Waals surface area contributed by atoms with E-state index in [0.717, 1.165) is 21.2 Å². The normalized spacial score (nSPS) is 10.5. The molecule has 0 spiro atoms. The summed E-state index contributed by atoms with van der Waals surface area (Å²) in [5, 5.41) is 3.88. The molecule has 0 atom stereocenters. The van der Waals surface area contributed by atoms with Crippen molar-refractivity contribution in [2.24, 2.45) is 0 Å². The number of ether oxygens (including phenoxy) is 1. The Kier molecular flexibility index (Phi) is 3.99. The van der Waals surface area contributed by atoms with Crippen molar-refractivity contribution in [3.63, 3.8) is 0 Å². The maximum Gasteiger partial charge on any atom is 0.315 e. The predicted molar refractivity (Wildman–Crippen MR) is 72.6 cm³/mol. The van der Waals surface area contributed by atoms with Crippen LogP contribution in [0.1, 0.15) is 17.0 Å². The molecule has 6 heteroatoms. The first kappa shape index (κ1) is 13.7. The first-order valence-corrected chi connectivity index (χ1v) is 6.47. The molecule has 0 aliphatic carbocycles. The number of hydrogen-bond donors (Lipinski definition) is 0. The van der Waals surface area contributed by atoms with Crippen molar-refractivity contribution >= 4 is 21.9 Å². The van der Waals surface area contributed by atoms with E-state index in [4.69, 9.17) is 4.52 Å². The summed E-state index contributed by atoms with van der Waals surface area (Å²) in [6.07, 6.45) is -0.0159. The molecule has 5 nitrogen and oxygen atoms in total. The number of rotatable bonds is 3. The molecule has 0 amide bonds. The van der Waals surface area contributed by atoms with E-state index in [2.05, 4.69) is 30.8 Å². The van der Waals surface area contributed by atoms with Gasteiger partial charge in [0.1, 0.15) is 6.42 Å². The van der Waals surface area contributed by atoms with Crippen molar-refractivity contribution in [2.45, 2.75) is 20.3 Å². The fourth-order valence-corrected chi connectivity index (χ4v) is 1.94. The lowest BCUT2D eigenvalue weighted by Gasteiger charge is -2.04. The van der Waals surface area contributed by atoms with Gasteiger partial charge in [0, 0.05) is 10.0 Å². The van der Waals surface area contributed by atoms with Gasteiger partial charge in [0.05, 0.1) is 7.11 Å². The molecule has 1 aromatic heterocycles. The second kappa shape index (κ2) is 5.52. The van der Waals surface area contributed by atoms with Crippen molar-refractivity contribution in [3.8, 4) is 11.4 Å². The Bertz CT molecular complexity index is 599. The molecule has 0 saturated heterocycles. The Hall–Kier alpha value is -1.69. The quantitative estimate of drug-likeness (QED) is 0.812. The third kappa shape index (κ3) is 3.01. The Balaban J connectivity index is 2.30. The number of carbonyl (C=O) groups is 1. The molecule has 0 unspecified atom stereocenters. The van der Waals surface area contributed by atoms with Gasteiger partial charge in [0.25, 0.3) is 0 Å². The highest BCUT2D eigenvalue weighted by atomic mass is 79.9. The largest absolute Gasteiger partial charge is 0.469 e. The summed E-state index contributed by atoms with van der Waals surface area (Å²) in [5.41, 5.74) is 3.04. The van der Waals surface area contributed by atoms with Gasteiger partial charge in [0.15, 0.2) is 0 Å². The summed E-state index contributed by atoms with van der Waals surface area (Å²) in [6, 6.07) is 3.92. The first-order chi connectivity index (χ1) is 9.01. The van der Waals surface area contributed by atoms with E-state index in [1.807, 2.05) is 26.0 Å². The zero-order valence-corrected chi connectivity index (χ0v) is 12.4. The van der Waals surface area contributed by atoms with Crippen molar-refractivity contribution < 1.29 is 14.1 Å². The van der Waals surface area contributed by atoms with Gasteiger partial charge in [0.2, 0.25) is 11.7 Å². The molecule has 0 N–H and O–H groups in total. The molecule has 0 saturated carbocycles. The molecule has 1 heterocycles. The van der Waals surface area contributed by atoms with Crippen LogP contribution in [-0.2, 0) is 16.0 Å². The maximum absolute atomic E-state index is 11.1. The van der Waals surface area contributed by atoms with Gasteiger partial charge in [-0.3, -0.25) is 4.79 Å². The van der Waals surface area contributed by atoms with E-state index in [-0.39, 0.29) is 12.3 Å². The summed E-state index contributed by atoms with van der Waals surface area (Å²) < 4.78 is 10.6. The maximum atomic E-state index is 11.1. The van der Waals surface area contributed by atoms with Gasteiger partial charge >= 0.3 is 5.97 Å². The average molecular weight is 325 g/mol. The number of carbonyl (C=O) groups excluding carboxylic acids is 1. The first-order valence-electron chi connectivity index (χ1n) is 5.67. The van der Waals surface area contributed by atoms with E-state index in [9.17, 15) is 4.79 Å². The predicted octanol–water partition coefficient (Wildman–Crippen LogP) is 2.83. The summed E-state index contributed by atoms with van der Waals surface area (Å²) >= 11 is 3.51. The van der Waals surface area contributed by atoms with Crippen LogP contribution in [0.3, 0.4) is 0 Å². The Morgan fingerprint density at radius 2 is 2.00 bits per heavy atom. The number of esters is 1. The fraction of sp³-hybridized carbons (Fsp3) is 0.308. The van der Waals surface area contributed by atoms with Crippen LogP contribution in [0.4, 0.5) is 0 Å². The lowest BCUT2D eigenvalue weighted by molar-refractivity contribution is -0.140. The van der Waals surface area contributed by atoms with Crippen molar-refractivity contribution in [2.75, 3.05) is 7.11 Å². The SMILES string of the molecule is COC(=O)Cc1nc(-c2cc(C)c(Br)c(C)c2)no1. The van der Waals surface area contributed by atoms with Crippen molar-refractivity contribution in [3.05, 3.63) is 33.6 Å². The second-order valence-corrected chi connectivity index (χ2v) is 4.98. The number of benzene rings is 1. The van der Waals surface area contributed by atoms with Crippen LogP contribution in [0.2, 0.25) is 0 Å². The van der Waals surface area contributed by atoms with E-state index in [1.165, 1.54) is 7.11 Å². The molecule has 2 rings (SSSR count). The van der Waals surface area contributed by atoms with Gasteiger partial charge in [-0.15, -0.1) is 0 Å². The third-order valence-corrected chi connectivity index (χ3v) is 3.94. The molecule has 1 aromatic carbocycles. The molecular weight excluding hydrogens is 312 g/mol. The number of halogens is 1. The lowest BCUT2D eigenvalue weighted by Crippen LogP contribution is -2.04. The second-order valence-electron chi connectivity index (χ2n) is 4.19. The Morgan fingerprint density at radius 3 is 2.58 bits per heavy atom. The van der Waals surface area contributed by atoms with Gasteiger partial charge in [-0.1, -0.05) is 21.1 Å². The average Bonchev–Trinajstić information content (AvgIpc) is 2.83. The third-order valence-electron chi connectivity index (χ3n) is 2.69. The van der Waals surface area contributed by atoms with E-state index in [0.29, 0.717) is 5.82 Å². The Morgan fingerprint density at radius 1 is 1.37 bits per heavy atom. The van der Waals surface area contributed by atoms with Crippen LogP contribution >= 0.6 is 15.9 Å². The lowest BCUT2D eigenvalue weighted by atomic mass is 10.1. The minimum absolute atomic E-state index is 0.0159. The molecule has 0 aliphatic rings. The van der Waals surface area contributed by atoms with Crippen LogP contribution in [0.15, 0.2) is 21.1 Å². The van der Waals surface area contributed by atoms with Crippen LogP contribution in [-0.4, -0.2) is 23.2 Å². The number of methoxy groups -OCH3 is 1. The highest BCUT2D eigenvalue weighted by Crippen LogP contribution is 2.27. The van der Waals surface area contributed by atoms with Gasteiger partial charge < -0.3 is 9.26 Å². The highest BCUT2D eigenvalue weighted by molar-refractivity contribution is 9.10. The number of hydrogen-bond acceptors (Lipinski definition) is 5. The number of aromatic nitrogens is 2. The van der Waals surface area contributed by atoms with E-state index < -0.39 is 5.97 Å². The zero-order chi connectivity index (χ0) is 14.0. The van der Waals surface area contributed by atoms with Crippen LogP contribution < -0.4 is 0 Å². The monoisotopic (exact) mass is 324 g/mol. The van der Waals surface area contributed by atoms with E-state index >= 15 is 0 Å². The summed E-state index contributed by atoms with van der Waals surface area (Å²) in [7, 11) is 1.32. The number of nitrogens with zero attached hydrogens (tertiary/aromatic N) is 2.